The molecule has 0 radical (unpaired) electrons. The van der Waals surface area contributed by atoms with E-state index in [1.807, 2.05) is 0 Å². The van der Waals surface area contributed by atoms with Crippen LogP contribution in [-0.4, -0.2) is 46.5 Å². The fourth-order valence-electron chi connectivity index (χ4n) is 4.36. The maximum Gasteiger partial charge on any atom is 0.296 e. The summed E-state index contributed by atoms with van der Waals surface area (Å²) in [6, 6.07) is 12.6. The van der Waals surface area contributed by atoms with Crippen molar-refractivity contribution in [3.63, 3.8) is 0 Å². The van der Waals surface area contributed by atoms with E-state index in [2.05, 4.69) is 15.0 Å². The molecule has 2 aromatic heterocycles. The molecule has 0 spiro atoms. The van der Waals surface area contributed by atoms with E-state index in [1.165, 1.54) is 12.1 Å². The highest BCUT2D eigenvalue weighted by Crippen LogP contribution is 2.33. The third-order valence-corrected chi connectivity index (χ3v) is 6.28. The van der Waals surface area contributed by atoms with E-state index in [4.69, 9.17) is 25.8 Å². The molecule has 0 bridgehead atoms. The molecule has 1 unspecified atom stereocenters. The summed E-state index contributed by atoms with van der Waals surface area (Å²) in [6.07, 6.45) is 0.629. The van der Waals surface area contributed by atoms with Crippen LogP contribution in [0.2, 0.25) is 5.02 Å². The first kappa shape index (κ1) is 20.5. The van der Waals surface area contributed by atoms with E-state index >= 15 is 0 Å². The van der Waals surface area contributed by atoms with Gasteiger partial charge >= 0.3 is 0 Å². The summed E-state index contributed by atoms with van der Waals surface area (Å²) in [5.41, 5.74) is 3.32. The Morgan fingerprint density at radius 1 is 1.00 bits per heavy atom. The van der Waals surface area contributed by atoms with Gasteiger partial charge in [-0.2, -0.15) is 4.98 Å². The molecule has 2 fully saturated rings. The van der Waals surface area contributed by atoms with Gasteiger partial charge < -0.3 is 19.2 Å². The lowest BCUT2D eigenvalue weighted by Gasteiger charge is -2.15. The van der Waals surface area contributed by atoms with Crippen molar-refractivity contribution in [2.24, 2.45) is 0 Å². The number of fused-ring (bicyclic) bond motifs is 2. The minimum atomic E-state index is -0.619. The number of hydrogen-bond acceptors (Lipinski definition) is 5. The van der Waals surface area contributed by atoms with Crippen molar-refractivity contribution in [2.45, 2.75) is 24.7 Å². The zero-order chi connectivity index (χ0) is 22.5. The van der Waals surface area contributed by atoms with Crippen molar-refractivity contribution < 1.29 is 23.0 Å². The van der Waals surface area contributed by atoms with Gasteiger partial charge in [-0.15, -0.1) is 0 Å². The molecule has 6 nitrogen and oxygen atoms in total. The zero-order valence-electron chi connectivity index (χ0n) is 17.2. The van der Waals surface area contributed by atoms with Gasteiger partial charge in [0.15, 0.2) is 11.8 Å². The summed E-state index contributed by atoms with van der Waals surface area (Å²) in [5, 5.41) is 0.432. The fourth-order valence-corrected chi connectivity index (χ4v) is 4.62. The first-order valence-electron chi connectivity index (χ1n) is 10.6. The molecule has 4 heterocycles. The van der Waals surface area contributed by atoms with Crippen LogP contribution in [0.15, 0.2) is 48.5 Å². The second-order valence-corrected chi connectivity index (χ2v) is 8.49. The molecule has 6 rings (SSSR count). The number of aromatic amines is 1. The predicted molar refractivity (Wildman–Crippen MR) is 118 cm³/mol. The summed E-state index contributed by atoms with van der Waals surface area (Å²) in [6.45, 7) is 1.12. The molecule has 4 aromatic rings. The number of pyridine rings is 1. The number of ether oxygens (including phenoxy) is 3. The van der Waals surface area contributed by atoms with Crippen LogP contribution in [-0.2, 0) is 9.47 Å². The van der Waals surface area contributed by atoms with E-state index in [9.17, 15) is 8.78 Å². The summed E-state index contributed by atoms with van der Waals surface area (Å²) < 4.78 is 44.7. The summed E-state index contributed by atoms with van der Waals surface area (Å²) >= 11 is 6.50. The second-order valence-electron chi connectivity index (χ2n) is 8.09. The Morgan fingerprint density at radius 2 is 1.82 bits per heavy atom. The van der Waals surface area contributed by atoms with E-state index in [-0.39, 0.29) is 18.3 Å². The number of rotatable bonds is 4. The number of hydrogen-bond donors (Lipinski definition) is 1. The van der Waals surface area contributed by atoms with Crippen LogP contribution in [0.1, 0.15) is 6.42 Å². The van der Waals surface area contributed by atoms with Crippen LogP contribution in [0.25, 0.3) is 33.5 Å². The van der Waals surface area contributed by atoms with Crippen molar-refractivity contribution in [2.75, 3.05) is 13.2 Å². The molecular formula is C24H18ClF2N3O3. The van der Waals surface area contributed by atoms with Gasteiger partial charge in [0.2, 0.25) is 0 Å². The van der Waals surface area contributed by atoms with Gasteiger partial charge in [-0.3, -0.25) is 0 Å². The molecule has 0 aliphatic carbocycles. The normalized spacial score (nSPS) is 22.1. The maximum absolute atomic E-state index is 14.1. The quantitative estimate of drug-likeness (QED) is 0.447. The van der Waals surface area contributed by atoms with E-state index in [1.54, 1.807) is 30.3 Å². The average molecular weight is 470 g/mol. The highest BCUT2D eigenvalue weighted by Gasteiger charge is 2.43. The predicted octanol–water partition coefficient (Wildman–Crippen LogP) is 5.16. The summed E-state index contributed by atoms with van der Waals surface area (Å²) in [4.78, 5) is 12.2. The molecule has 2 aliphatic heterocycles. The number of aromatic nitrogens is 3. The molecule has 0 amide bonds. The Hall–Kier alpha value is -3.07. The van der Waals surface area contributed by atoms with Gasteiger partial charge in [0, 0.05) is 23.8 Å². The Kier molecular flexibility index (Phi) is 5.01. The molecule has 1 N–H and O–H groups in total. The number of nitrogens with zero attached hydrogens (tertiary/aromatic N) is 2. The van der Waals surface area contributed by atoms with Crippen LogP contribution in [0.4, 0.5) is 8.78 Å². The monoisotopic (exact) mass is 469 g/mol. The molecule has 2 saturated heterocycles. The van der Waals surface area contributed by atoms with Crippen molar-refractivity contribution in [3.05, 3.63) is 65.2 Å². The molecule has 33 heavy (non-hydrogen) atoms. The number of imidazole rings is 1. The molecule has 3 atom stereocenters. The van der Waals surface area contributed by atoms with Crippen LogP contribution in [0.3, 0.4) is 0 Å². The van der Waals surface area contributed by atoms with Gasteiger partial charge in [-0.25, -0.2) is 13.8 Å². The second kappa shape index (κ2) is 8.06. The Labute approximate surface area is 192 Å². The van der Waals surface area contributed by atoms with Gasteiger partial charge in [-0.1, -0.05) is 35.9 Å². The van der Waals surface area contributed by atoms with E-state index in [0.29, 0.717) is 52.2 Å². The molecule has 2 aromatic carbocycles. The number of benzene rings is 2. The van der Waals surface area contributed by atoms with Crippen molar-refractivity contribution in [1.29, 1.82) is 0 Å². The van der Waals surface area contributed by atoms with Crippen LogP contribution >= 0.6 is 11.6 Å². The number of halogens is 3. The Bertz CT molecular complexity index is 1350. The van der Waals surface area contributed by atoms with Gasteiger partial charge in [0.1, 0.15) is 17.7 Å². The van der Waals surface area contributed by atoms with Crippen molar-refractivity contribution in [3.8, 4) is 28.4 Å². The van der Waals surface area contributed by atoms with Crippen molar-refractivity contribution >= 4 is 22.8 Å². The van der Waals surface area contributed by atoms with Crippen LogP contribution in [0, 0.1) is 11.6 Å². The zero-order valence-corrected chi connectivity index (χ0v) is 18.0. The third-order valence-electron chi connectivity index (χ3n) is 5.99. The summed E-state index contributed by atoms with van der Waals surface area (Å²) in [5.74, 6) is -1.23. The molecule has 0 saturated carbocycles. The van der Waals surface area contributed by atoms with Gasteiger partial charge in [-0.05, 0) is 30.2 Å². The maximum atomic E-state index is 14.1. The highest BCUT2D eigenvalue weighted by atomic mass is 35.5. The minimum Gasteiger partial charge on any atom is -0.456 e. The van der Waals surface area contributed by atoms with Crippen LogP contribution < -0.4 is 4.74 Å². The summed E-state index contributed by atoms with van der Waals surface area (Å²) in [7, 11) is 0. The SMILES string of the molecule is Fc1ccc(-c2ccc(-c3nc4nc(OC5CO[C@@H]6CCO[C@H]56)[nH]c4cc3Cl)cc2)c(F)c1. The molecule has 9 heteroatoms. The highest BCUT2D eigenvalue weighted by molar-refractivity contribution is 6.33. The Morgan fingerprint density at radius 3 is 2.64 bits per heavy atom. The largest absolute Gasteiger partial charge is 0.456 e. The Balaban J connectivity index is 1.27. The lowest BCUT2D eigenvalue weighted by molar-refractivity contribution is 0.0273. The molecule has 168 valence electrons. The molecule has 2 aliphatic rings. The van der Waals surface area contributed by atoms with Gasteiger partial charge in [0.25, 0.3) is 6.01 Å². The number of nitrogens with one attached hydrogen (secondary N) is 1. The lowest BCUT2D eigenvalue weighted by atomic mass is 10.0. The van der Waals surface area contributed by atoms with Crippen LogP contribution in [0.5, 0.6) is 6.01 Å². The average Bonchev–Trinajstić information content (AvgIpc) is 3.50. The smallest absolute Gasteiger partial charge is 0.296 e. The minimum absolute atomic E-state index is 0.0740. The topological polar surface area (TPSA) is 69.3 Å². The first-order chi connectivity index (χ1) is 16.0. The lowest BCUT2D eigenvalue weighted by Crippen LogP contribution is -2.32. The standard InChI is InChI=1S/C24H18ClF2N3O3/c25-16-10-18-23(30-24(28-18)33-20-11-32-19-7-8-31-22(19)20)29-21(16)13-3-1-12(2-4-13)15-6-5-14(26)9-17(15)27/h1-6,9-10,19-20,22H,7-8,11H2,(H,28,29,30)/t19-,20?,22+/m1/s1. The molecular weight excluding hydrogens is 452 g/mol. The van der Waals surface area contributed by atoms with E-state index < -0.39 is 11.6 Å². The third kappa shape index (κ3) is 3.74. The van der Waals surface area contributed by atoms with Crippen molar-refractivity contribution in [1.82, 2.24) is 15.0 Å². The van der Waals surface area contributed by atoms with Gasteiger partial charge in [0.05, 0.1) is 28.9 Å². The fraction of sp³-hybridized carbons (Fsp3) is 0.250. The van der Waals surface area contributed by atoms with E-state index in [0.717, 1.165) is 18.1 Å². The number of H-pyrrole nitrogens is 1. The first-order valence-corrected chi connectivity index (χ1v) is 10.9.